The molecule has 0 amide bonds. The Labute approximate surface area is 110 Å². The average molecular weight is 340 g/mol. The van der Waals surface area contributed by atoms with Gasteiger partial charge in [-0.3, -0.25) is 0 Å². The molecule has 0 radical (unpaired) electrons. The van der Waals surface area contributed by atoms with E-state index in [1.54, 1.807) is 0 Å². The van der Waals surface area contributed by atoms with Crippen molar-refractivity contribution in [1.82, 2.24) is 0 Å². The number of nitrogens with two attached hydrogens (primary N) is 1. The first kappa shape index (κ1) is 13.1. The molecule has 0 aromatic heterocycles. The third-order valence-corrected chi connectivity index (χ3v) is 4.20. The fraction of sp³-hybridized carbons (Fsp3) is 0.455. The molecule has 15 heavy (non-hydrogen) atoms. The second-order valence-electron chi connectivity index (χ2n) is 3.91. The average Bonchev–Trinajstić information content (AvgIpc) is 2.54. The zero-order valence-electron chi connectivity index (χ0n) is 8.59. The maximum atomic E-state index is 9.86. The van der Waals surface area contributed by atoms with Gasteiger partial charge < -0.3 is 10.8 Å². The van der Waals surface area contributed by atoms with Crippen LogP contribution in [0.25, 0.3) is 0 Å². The lowest BCUT2D eigenvalue weighted by Crippen LogP contribution is -2.01. The van der Waals surface area contributed by atoms with Crippen molar-refractivity contribution in [3.63, 3.8) is 0 Å². The molecule has 2 nitrogen and oxygen atoms in total. The molecule has 1 aliphatic carbocycles. The van der Waals surface area contributed by atoms with Crippen LogP contribution in [0.2, 0.25) is 0 Å². The first-order chi connectivity index (χ1) is 6.65. The van der Waals surface area contributed by atoms with E-state index in [0.717, 1.165) is 15.6 Å². The maximum absolute atomic E-state index is 9.86. The fourth-order valence-electron chi connectivity index (χ4n) is 2.12. The number of hydrogen-bond acceptors (Lipinski definition) is 2. The van der Waals surface area contributed by atoms with Crippen molar-refractivity contribution in [2.45, 2.75) is 32.2 Å². The number of phenolic OH excluding ortho intramolecular Hbond substituents is 1. The van der Waals surface area contributed by atoms with Gasteiger partial charge in [0.05, 0.1) is 3.57 Å². The minimum atomic E-state index is 0. The third-order valence-electron chi connectivity index (χ3n) is 3.03. The summed E-state index contributed by atoms with van der Waals surface area (Å²) in [6.07, 6.45) is 2.28. The van der Waals surface area contributed by atoms with E-state index < -0.39 is 0 Å². The number of rotatable bonds is 1. The molecule has 4 heteroatoms. The molecule has 0 saturated carbocycles. The van der Waals surface area contributed by atoms with Crippen LogP contribution in [0.1, 0.15) is 36.0 Å². The molecule has 0 aliphatic heterocycles. The highest BCUT2D eigenvalue weighted by molar-refractivity contribution is 14.1. The minimum Gasteiger partial charge on any atom is -0.506 e. The Kier molecular flexibility index (Phi) is 4.26. The van der Waals surface area contributed by atoms with Gasteiger partial charge in [-0.1, -0.05) is 13.0 Å². The summed E-state index contributed by atoms with van der Waals surface area (Å²) in [5.41, 5.74) is 9.18. The topological polar surface area (TPSA) is 46.2 Å². The van der Waals surface area contributed by atoms with E-state index in [1.807, 2.05) is 0 Å². The van der Waals surface area contributed by atoms with E-state index >= 15 is 0 Å². The monoisotopic (exact) mass is 339 g/mol. The van der Waals surface area contributed by atoms with Gasteiger partial charge >= 0.3 is 0 Å². The van der Waals surface area contributed by atoms with E-state index in [2.05, 4.69) is 35.6 Å². The number of aromatic hydroxyl groups is 1. The summed E-state index contributed by atoms with van der Waals surface area (Å²) in [6.45, 7) is 2.65. The van der Waals surface area contributed by atoms with Gasteiger partial charge in [0.15, 0.2) is 0 Å². The number of hydrogen-bond donors (Lipinski definition) is 2. The van der Waals surface area contributed by atoms with Gasteiger partial charge in [0, 0.05) is 12.1 Å². The predicted molar refractivity (Wildman–Crippen MR) is 72.7 cm³/mol. The maximum Gasteiger partial charge on any atom is 0.133 e. The molecule has 2 rings (SSSR count). The van der Waals surface area contributed by atoms with E-state index in [9.17, 15) is 5.11 Å². The van der Waals surface area contributed by atoms with Crippen molar-refractivity contribution < 1.29 is 5.11 Å². The number of halogens is 2. The van der Waals surface area contributed by atoms with Crippen molar-refractivity contribution in [3.05, 3.63) is 26.3 Å². The van der Waals surface area contributed by atoms with Crippen molar-refractivity contribution in [1.29, 1.82) is 0 Å². The molecule has 3 N–H and O–H groups in total. The molecule has 1 atom stereocenters. The largest absolute Gasteiger partial charge is 0.506 e. The molecule has 0 saturated heterocycles. The first-order valence-electron chi connectivity index (χ1n) is 4.88. The van der Waals surface area contributed by atoms with Crippen LogP contribution in [0.3, 0.4) is 0 Å². The van der Waals surface area contributed by atoms with Crippen LogP contribution in [0, 0.1) is 3.57 Å². The van der Waals surface area contributed by atoms with Crippen LogP contribution in [0.15, 0.2) is 6.07 Å². The van der Waals surface area contributed by atoms with E-state index in [0.29, 0.717) is 18.2 Å². The molecular weight excluding hydrogens is 324 g/mol. The summed E-state index contributed by atoms with van der Waals surface area (Å²) in [4.78, 5) is 0. The zero-order chi connectivity index (χ0) is 10.3. The molecule has 1 aromatic rings. The lowest BCUT2D eigenvalue weighted by atomic mass is 10.00. The van der Waals surface area contributed by atoms with Crippen LogP contribution in [-0.4, -0.2) is 5.11 Å². The van der Waals surface area contributed by atoms with E-state index in [4.69, 9.17) is 5.73 Å². The SMILES string of the molecule is CC1CCc2c1cc(CN)c(O)c2I.Cl. The Morgan fingerprint density at radius 2 is 2.27 bits per heavy atom. The van der Waals surface area contributed by atoms with Crippen LogP contribution in [0.5, 0.6) is 5.75 Å². The Balaban J connectivity index is 0.00000112. The molecule has 0 spiro atoms. The molecule has 0 heterocycles. The second kappa shape index (κ2) is 4.89. The highest BCUT2D eigenvalue weighted by Crippen LogP contribution is 2.40. The van der Waals surface area contributed by atoms with Crippen molar-refractivity contribution in [2.75, 3.05) is 0 Å². The summed E-state index contributed by atoms with van der Waals surface area (Å²) >= 11 is 2.22. The summed E-state index contributed by atoms with van der Waals surface area (Å²) < 4.78 is 1.00. The Hall–Kier alpha value is -0.0000000000000000555. The zero-order valence-corrected chi connectivity index (χ0v) is 11.6. The Morgan fingerprint density at radius 1 is 1.60 bits per heavy atom. The second-order valence-corrected chi connectivity index (χ2v) is 4.99. The lowest BCUT2D eigenvalue weighted by Gasteiger charge is -2.11. The summed E-state index contributed by atoms with van der Waals surface area (Å²) in [5.74, 6) is 1.00. The Morgan fingerprint density at radius 3 is 2.87 bits per heavy atom. The van der Waals surface area contributed by atoms with Gasteiger partial charge in [-0.2, -0.15) is 0 Å². The van der Waals surface area contributed by atoms with Crippen molar-refractivity contribution in [3.8, 4) is 5.75 Å². The van der Waals surface area contributed by atoms with Crippen molar-refractivity contribution >= 4 is 35.0 Å². The smallest absolute Gasteiger partial charge is 0.133 e. The molecule has 1 aromatic carbocycles. The predicted octanol–water partition coefficient (Wildman–Crippen LogP) is 2.93. The minimum absolute atomic E-state index is 0. The van der Waals surface area contributed by atoms with Gasteiger partial charge in [-0.05, 0) is 52.5 Å². The van der Waals surface area contributed by atoms with Gasteiger partial charge in [-0.15, -0.1) is 12.4 Å². The van der Waals surface area contributed by atoms with Gasteiger partial charge in [0.2, 0.25) is 0 Å². The molecule has 1 aliphatic rings. The van der Waals surface area contributed by atoms with Crippen LogP contribution in [-0.2, 0) is 13.0 Å². The summed E-state index contributed by atoms with van der Waals surface area (Å²) in [6, 6.07) is 2.07. The molecule has 1 unspecified atom stereocenters. The highest BCUT2D eigenvalue weighted by Gasteiger charge is 2.23. The standard InChI is InChI=1S/C11H14INO.ClH/c1-6-2-3-8-9(6)4-7(5-13)11(14)10(8)12;/h4,6,14H,2-3,5,13H2,1H3;1H. The summed E-state index contributed by atoms with van der Waals surface area (Å²) in [5, 5.41) is 9.86. The molecule has 0 fully saturated rings. The lowest BCUT2D eigenvalue weighted by molar-refractivity contribution is 0.463. The Bertz CT molecular complexity index is 381. The van der Waals surface area contributed by atoms with Crippen LogP contribution >= 0.6 is 35.0 Å². The van der Waals surface area contributed by atoms with E-state index in [1.165, 1.54) is 17.5 Å². The highest BCUT2D eigenvalue weighted by atomic mass is 127. The molecular formula is C11H15ClINO. The van der Waals surface area contributed by atoms with Gasteiger partial charge in [0.25, 0.3) is 0 Å². The molecule has 84 valence electrons. The van der Waals surface area contributed by atoms with Gasteiger partial charge in [-0.25, -0.2) is 0 Å². The summed E-state index contributed by atoms with van der Waals surface area (Å²) in [7, 11) is 0. The van der Waals surface area contributed by atoms with Crippen LogP contribution in [0.4, 0.5) is 0 Å². The van der Waals surface area contributed by atoms with Crippen LogP contribution < -0.4 is 5.73 Å². The number of phenols is 1. The quantitative estimate of drug-likeness (QED) is 0.773. The number of fused-ring (bicyclic) bond motifs is 1. The third kappa shape index (κ3) is 2.10. The van der Waals surface area contributed by atoms with Crippen molar-refractivity contribution in [2.24, 2.45) is 5.73 Å². The first-order valence-corrected chi connectivity index (χ1v) is 5.96. The van der Waals surface area contributed by atoms with E-state index in [-0.39, 0.29) is 12.4 Å². The number of benzene rings is 1. The fourth-order valence-corrected chi connectivity index (χ4v) is 3.05. The normalized spacial score (nSPS) is 18.5. The molecule has 0 bridgehead atoms. The van der Waals surface area contributed by atoms with Gasteiger partial charge in [0.1, 0.15) is 5.75 Å².